The van der Waals surface area contributed by atoms with Crippen LogP contribution in [0.4, 0.5) is 0 Å². The quantitative estimate of drug-likeness (QED) is 0.858. The highest BCUT2D eigenvalue weighted by atomic mass is 16.4. The Labute approximate surface area is 111 Å². The molecule has 0 aliphatic carbocycles. The zero-order valence-electron chi connectivity index (χ0n) is 11.4. The van der Waals surface area contributed by atoms with Gasteiger partial charge in [-0.05, 0) is 38.0 Å². The molecule has 2 rings (SSSR count). The summed E-state index contributed by atoms with van der Waals surface area (Å²) in [4.78, 5) is 22.9. The zero-order valence-corrected chi connectivity index (χ0v) is 11.4. The van der Waals surface area contributed by atoms with E-state index in [1.54, 1.807) is 12.1 Å². The fourth-order valence-corrected chi connectivity index (χ4v) is 2.45. The normalized spacial score (nSPS) is 10.9. The standard InChI is InChI=1S/C15H17NO3/c1-4-10-6-11(15(18)19)7-12-13(9(3)17)8-16(5-2)14(10)12/h6-8H,4-5H2,1-3H3,(H,18,19). The number of aromatic nitrogens is 1. The zero-order chi connectivity index (χ0) is 14.2. The van der Waals surface area contributed by atoms with Crippen LogP contribution in [0.2, 0.25) is 0 Å². The van der Waals surface area contributed by atoms with Gasteiger partial charge in [0.05, 0.1) is 11.1 Å². The average molecular weight is 259 g/mol. The van der Waals surface area contributed by atoms with Gasteiger partial charge in [0, 0.05) is 23.7 Å². The van der Waals surface area contributed by atoms with Crippen molar-refractivity contribution in [1.29, 1.82) is 0 Å². The maximum absolute atomic E-state index is 11.7. The van der Waals surface area contributed by atoms with Gasteiger partial charge in [-0.25, -0.2) is 4.79 Å². The Morgan fingerprint density at radius 2 is 1.95 bits per heavy atom. The lowest BCUT2D eigenvalue weighted by Gasteiger charge is -2.07. The van der Waals surface area contributed by atoms with Gasteiger partial charge in [0.1, 0.15) is 0 Å². The van der Waals surface area contributed by atoms with Crippen molar-refractivity contribution in [3.8, 4) is 0 Å². The van der Waals surface area contributed by atoms with Crippen molar-refractivity contribution in [3.05, 3.63) is 35.0 Å². The lowest BCUT2D eigenvalue weighted by molar-refractivity contribution is 0.0696. The van der Waals surface area contributed by atoms with Gasteiger partial charge in [-0.2, -0.15) is 0 Å². The van der Waals surface area contributed by atoms with E-state index >= 15 is 0 Å². The molecule has 1 aromatic carbocycles. The van der Waals surface area contributed by atoms with Crippen LogP contribution in [0.5, 0.6) is 0 Å². The van der Waals surface area contributed by atoms with E-state index in [4.69, 9.17) is 5.11 Å². The Bertz CT molecular complexity index is 668. The van der Waals surface area contributed by atoms with Crippen LogP contribution in [0, 0.1) is 0 Å². The van der Waals surface area contributed by atoms with Crippen molar-refractivity contribution in [3.63, 3.8) is 0 Å². The van der Waals surface area contributed by atoms with Crippen LogP contribution >= 0.6 is 0 Å². The molecule has 2 aromatic rings. The first kappa shape index (κ1) is 13.3. The molecule has 0 atom stereocenters. The van der Waals surface area contributed by atoms with E-state index in [-0.39, 0.29) is 11.3 Å². The Morgan fingerprint density at radius 3 is 2.42 bits per heavy atom. The highest BCUT2D eigenvalue weighted by molar-refractivity contribution is 6.09. The van der Waals surface area contributed by atoms with E-state index in [0.717, 1.165) is 29.4 Å². The highest BCUT2D eigenvalue weighted by Crippen LogP contribution is 2.27. The molecule has 0 unspecified atom stereocenters. The predicted octanol–water partition coefficient (Wildman–Crippen LogP) is 3.12. The summed E-state index contributed by atoms with van der Waals surface area (Å²) in [5.74, 6) is -1.00. The van der Waals surface area contributed by atoms with E-state index < -0.39 is 5.97 Å². The van der Waals surface area contributed by atoms with Crippen LogP contribution in [-0.2, 0) is 13.0 Å². The molecule has 0 bridgehead atoms. The molecule has 0 amide bonds. The number of Topliss-reactive ketones (excluding diaryl/α,β-unsaturated/α-hetero) is 1. The first-order chi connectivity index (χ1) is 8.99. The molecule has 1 heterocycles. The number of rotatable bonds is 4. The van der Waals surface area contributed by atoms with Gasteiger partial charge in [0.2, 0.25) is 0 Å². The predicted molar refractivity (Wildman–Crippen MR) is 74.0 cm³/mol. The molecule has 1 aromatic heterocycles. The third-order valence-corrected chi connectivity index (χ3v) is 3.40. The summed E-state index contributed by atoms with van der Waals surface area (Å²) in [5.41, 5.74) is 2.76. The number of carboxylic acids is 1. The summed E-state index contributed by atoms with van der Waals surface area (Å²) in [6, 6.07) is 3.29. The third kappa shape index (κ3) is 2.14. The van der Waals surface area contributed by atoms with Crippen LogP contribution in [0.25, 0.3) is 10.9 Å². The molecular formula is C15H17NO3. The minimum Gasteiger partial charge on any atom is -0.478 e. The monoisotopic (exact) mass is 259 g/mol. The summed E-state index contributed by atoms with van der Waals surface area (Å²) in [6.07, 6.45) is 2.55. The van der Waals surface area contributed by atoms with E-state index in [2.05, 4.69) is 0 Å². The molecule has 0 saturated heterocycles. The Balaban J connectivity index is 2.90. The first-order valence-corrected chi connectivity index (χ1v) is 6.39. The molecular weight excluding hydrogens is 242 g/mol. The van der Waals surface area contributed by atoms with Gasteiger partial charge in [-0.15, -0.1) is 0 Å². The average Bonchev–Trinajstić information content (AvgIpc) is 2.76. The maximum Gasteiger partial charge on any atom is 0.335 e. The van der Waals surface area contributed by atoms with E-state index in [0.29, 0.717) is 5.56 Å². The number of carbonyl (C=O) groups excluding carboxylic acids is 1. The summed E-state index contributed by atoms with van der Waals surface area (Å²) in [6.45, 7) is 6.26. The maximum atomic E-state index is 11.7. The molecule has 4 heteroatoms. The number of hydrogen-bond acceptors (Lipinski definition) is 2. The third-order valence-electron chi connectivity index (χ3n) is 3.40. The van der Waals surface area contributed by atoms with Crippen LogP contribution in [0.15, 0.2) is 18.3 Å². The summed E-state index contributed by atoms with van der Waals surface area (Å²) < 4.78 is 2.01. The SMILES string of the molecule is CCc1cc(C(=O)O)cc2c(C(C)=O)cn(CC)c12. The van der Waals surface area contributed by atoms with Crippen LogP contribution in [-0.4, -0.2) is 21.4 Å². The second kappa shape index (κ2) is 4.88. The molecule has 100 valence electrons. The number of nitrogens with zero attached hydrogens (tertiary/aromatic N) is 1. The summed E-state index contributed by atoms with van der Waals surface area (Å²) in [7, 11) is 0. The molecule has 0 spiro atoms. The molecule has 0 aliphatic rings. The van der Waals surface area contributed by atoms with Crippen LogP contribution in [0.1, 0.15) is 47.1 Å². The van der Waals surface area contributed by atoms with Crippen LogP contribution < -0.4 is 0 Å². The van der Waals surface area contributed by atoms with Gasteiger partial charge >= 0.3 is 5.97 Å². The van der Waals surface area contributed by atoms with E-state index in [1.165, 1.54) is 6.92 Å². The number of aromatic carboxylic acids is 1. The van der Waals surface area contributed by atoms with Crippen molar-refractivity contribution >= 4 is 22.7 Å². The summed E-state index contributed by atoms with van der Waals surface area (Å²) >= 11 is 0. The van der Waals surface area contributed by atoms with Crippen LogP contribution in [0.3, 0.4) is 0 Å². The van der Waals surface area contributed by atoms with E-state index in [1.807, 2.05) is 24.6 Å². The Hall–Kier alpha value is -2.10. The molecule has 0 aliphatic heterocycles. The van der Waals surface area contributed by atoms with Gasteiger partial charge in [-0.3, -0.25) is 4.79 Å². The van der Waals surface area contributed by atoms with Gasteiger partial charge in [-0.1, -0.05) is 6.92 Å². The second-order valence-corrected chi connectivity index (χ2v) is 4.58. The largest absolute Gasteiger partial charge is 0.478 e. The number of hydrogen-bond donors (Lipinski definition) is 1. The lowest BCUT2D eigenvalue weighted by Crippen LogP contribution is -2.00. The Kier molecular flexibility index (Phi) is 3.42. The number of ketones is 1. The number of fused-ring (bicyclic) bond motifs is 1. The minimum atomic E-state index is -0.963. The molecule has 0 radical (unpaired) electrons. The number of carbonyl (C=O) groups is 2. The number of aryl methyl sites for hydroxylation is 2. The van der Waals surface area contributed by atoms with Gasteiger partial charge < -0.3 is 9.67 Å². The highest BCUT2D eigenvalue weighted by Gasteiger charge is 2.17. The van der Waals surface area contributed by atoms with Crippen molar-refractivity contribution in [2.75, 3.05) is 0 Å². The topological polar surface area (TPSA) is 59.3 Å². The molecule has 0 fully saturated rings. The van der Waals surface area contributed by atoms with E-state index in [9.17, 15) is 9.59 Å². The molecule has 19 heavy (non-hydrogen) atoms. The second-order valence-electron chi connectivity index (χ2n) is 4.58. The van der Waals surface area contributed by atoms with Gasteiger partial charge in [0.15, 0.2) is 5.78 Å². The molecule has 1 N–H and O–H groups in total. The fraction of sp³-hybridized carbons (Fsp3) is 0.333. The smallest absolute Gasteiger partial charge is 0.335 e. The van der Waals surface area contributed by atoms with Crippen molar-refractivity contribution in [2.24, 2.45) is 0 Å². The lowest BCUT2D eigenvalue weighted by atomic mass is 10.0. The number of benzene rings is 1. The fourth-order valence-electron chi connectivity index (χ4n) is 2.45. The summed E-state index contributed by atoms with van der Waals surface area (Å²) in [5, 5.41) is 9.91. The Morgan fingerprint density at radius 1 is 1.26 bits per heavy atom. The molecule has 0 saturated carbocycles. The van der Waals surface area contributed by atoms with Crippen molar-refractivity contribution < 1.29 is 14.7 Å². The number of carboxylic acid groups (broad SMARTS) is 1. The minimum absolute atomic E-state index is 0.0400. The molecule has 4 nitrogen and oxygen atoms in total. The van der Waals surface area contributed by atoms with Gasteiger partial charge in [0.25, 0.3) is 0 Å². The van der Waals surface area contributed by atoms with Crippen molar-refractivity contribution in [1.82, 2.24) is 4.57 Å². The first-order valence-electron chi connectivity index (χ1n) is 6.39. The van der Waals surface area contributed by atoms with Crippen molar-refractivity contribution in [2.45, 2.75) is 33.7 Å².